The topological polar surface area (TPSA) is 32.0 Å². The molecule has 4 nitrogen and oxygen atoms in total. The number of aliphatic imine (C=N–C) groups is 1. The van der Waals surface area contributed by atoms with Crippen LogP contribution in [0.4, 0.5) is 5.69 Å². The number of benzene rings is 7. The van der Waals surface area contributed by atoms with Gasteiger partial charge in [0.05, 0.1) is 0 Å². The van der Waals surface area contributed by atoms with Crippen LogP contribution in [0.2, 0.25) is 0 Å². The van der Waals surface area contributed by atoms with Crippen LogP contribution < -0.4 is 13.3 Å². The molecule has 0 amide bonds. The molecule has 5 heterocycles. The van der Waals surface area contributed by atoms with Crippen LogP contribution in [-0.2, 0) is 12.6 Å². The van der Waals surface area contributed by atoms with Crippen molar-refractivity contribution >= 4 is 100.0 Å². The Morgan fingerprint density at radius 3 is 2.21 bits per heavy atom. The second-order valence-corrected chi connectivity index (χ2v) is 27.2. The van der Waals surface area contributed by atoms with Crippen LogP contribution in [0.1, 0.15) is 44.3 Å². The summed E-state index contributed by atoms with van der Waals surface area (Å²) in [5.41, 5.74) is 15.2. The van der Waals surface area contributed by atoms with E-state index in [0.717, 1.165) is 22.1 Å². The van der Waals surface area contributed by atoms with Gasteiger partial charge in [0.2, 0.25) is 0 Å². The van der Waals surface area contributed by atoms with Gasteiger partial charge in [-0.25, -0.2) is 0 Å². The Balaban J connectivity index is 1.13. The molecule has 3 aliphatic heterocycles. The van der Waals surface area contributed by atoms with Gasteiger partial charge >= 0.3 is 354 Å². The maximum atomic E-state index is 5.88. The third-order valence-corrected chi connectivity index (χ3v) is 25.6. The van der Waals surface area contributed by atoms with Crippen LogP contribution in [0.15, 0.2) is 171 Å². The summed E-state index contributed by atoms with van der Waals surface area (Å²) in [5.74, 6) is 1.02. The molecule has 0 radical (unpaired) electrons. The summed E-state index contributed by atoms with van der Waals surface area (Å²) in [6.07, 6.45) is 4.80. The summed E-state index contributed by atoms with van der Waals surface area (Å²) in [4.78, 5) is 9.61. The number of para-hydroxylation sites is 2. The maximum absolute atomic E-state index is 5.88. The van der Waals surface area contributed by atoms with E-state index >= 15 is 0 Å². The van der Waals surface area contributed by atoms with Crippen molar-refractivity contribution in [1.29, 1.82) is 0 Å². The molecule has 6 heteroatoms. The predicted octanol–water partition coefficient (Wildman–Crippen LogP) is 10.7. The Hall–Kier alpha value is -5.64. The number of hydrogen-bond acceptors (Lipinski definition) is 3. The van der Waals surface area contributed by atoms with Gasteiger partial charge in [-0.1, -0.05) is 0 Å². The van der Waals surface area contributed by atoms with Crippen molar-refractivity contribution in [3.05, 3.63) is 189 Å². The number of aryl methyl sites for hydroxylation is 1. The van der Waals surface area contributed by atoms with Crippen molar-refractivity contribution in [3.63, 3.8) is 0 Å². The number of guanidine groups is 1. The minimum absolute atomic E-state index is 0.0895. The van der Waals surface area contributed by atoms with Crippen LogP contribution in [0.25, 0.3) is 61.0 Å². The zero-order valence-electron chi connectivity index (χ0n) is 32.3. The summed E-state index contributed by atoms with van der Waals surface area (Å²) in [6, 6.07) is 55.8. The van der Waals surface area contributed by atoms with Gasteiger partial charge in [0, 0.05) is 0 Å². The zero-order chi connectivity index (χ0) is 38.6. The van der Waals surface area contributed by atoms with Crippen LogP contribution in [0, 0.1) is 6.92 Å². The van der Waals surface area contributed by atoms with Crippen LogP contribution in [0.3, 0.4) is 0 Å². The molecular weight excluding hydrogens is 917 g/mol. The fourth-order valence-electron chi connectivity index (χ4n) is 10.4. The molecule has 12 rings (SSSR count). The Morgan fingerprint density at radius 2 is 1.38 bits per heavy atom. The van der Waals surface area contributed by atoms with E-state index in [9.17, 15) is 0 Å². The molecule has 9 aromatic rings. The van der Waals surface area contributed by atoms with E-state index in [2.05, 4.69) is 209 Å². The molecule has 3 unspecified atom stereocenters. The number of anilines is 1. The summed E-state index contributed by atoms with van der Waals surface area (Å²) in [5, 5.41) is 9.36. The first-order valence-electron chi connectivity index (χ1n) is 20.3. The minimum atomic E-state index is -3.00. The molecule has 58 heavy (non-hydrogen) atoms. The molecule has 1 N–H and O–H groups in total. The molecule has 276 valence electrons. The monoisotopic (exact) mass is 957 g/mol. The van der Waals surface area contributed by atoms with Gasteiger partial charge < -0.3 is 0 Å². The van der Waals surface area contributed by atoms with E-state index in [0.29, 0.717) is 0 Å². The van der Waals surface area contributed by atoms with Crippen molar-refractivity contribution < 1.29 is 0 Å². The number of rotatable bonds is 4. The van der Waals surface area contributed by atoms with E-state index in [1.165, 1.54) is 77.2 Å². The fraction of sp³-hybridized carbons (Fsp3) is 0.0962. The number of fused-ring (bicyclic) bond motifs is 12. The second kappa shape index (κ2) is 13.2. The molecule has 7 aromatic carbocycles. The summed E-state index contributed by atoms with van der Waals surface area (Å²) < 4.78 is 6.97. The SMILES string of the molecule is Cc1ccccc1-c1ccccc1C(C)C1C=C(c2ccccc2[SH2+])NC(N2c3[c](cc4c5ccccc5n5c6ccccc6c3c45)[Tl]3[CH]=Cc4ccccc4[CH]23)=N1. The van der Waals surface area contributed by atoms with Crippen molar-refractivity contribution in [2.75, 3.05) is 4.90 Å². The molecular formula is C52H40N4STl+. The van der Waals surface area contributed by atoms with E-state index < -0.39 is 22.7 Å². The van der Waals surface area contributed by atoms with E-state index in [1.807, 2.05) is 0 Å². The van der Waals surface area contributed by atoms with Crippen LogP contribution in [-0.4, -0.2) is 39.1 Å². The molecule has 0 bridgehead atoms. The Labute approximate surface area is 351 Å². The predicted molar refractivity (Wildman–Crippen MR) is 249 cm³/mol. The van der Waals surface area contributed by atoms with Gasteiger partial charge in [-0.3, -0.25) is 0 Å². The second-order valence-electron chi connectivity index (χ2n) is 16.2. The van der Waals surface area contributed by atoms with Gasteiger partial charge in [-0.05, 0) is 0 Å². The number of hydrogen-bond donors (Lipinski definition) is 1. The molecule has 0 fully saturated rings. The number of nitrogens with zero attached hydrogens (tertiary/aromatic N) is 3. The van der Waals surface area contributed by atoms with Gasteiger partial charge in [0.15, 0.2) is 0 Å². The molecule has 3 aliphatic rings. The summed E-state index contributed by atoms with van der Waals surface area (Å²) in [6.45, 7) is 4.57. The quantitative estimate of drug-likeness (QED) is 0.141. The molecule has 0 saturated heterocycles. The summed E-state index contributed by atoms with van der Waals surface area (Å²) in [7, 11) is 0. The Bertz CT molecular complexity index is 3250. The number of aromatic nitrogens is 1. The van der Waals surface area contributed by atoms with Gasteiger partial charge in [0.25, 0.3) is 0 Å². The molecule has 0 aliphatic carbocycles. The molecule has 0 spiro atoms. The first kappa shape index (κ1) is 34.4. The first-order valence-corrected chi connectivity index (χ1v) is 28.3. The number of nitrogens with one attached hydrogen (secondary N) is 1. The van der Waals surface area contributed by atoms with E-state index in [1.54, 1.807) is 3.12 Å². The third-order valence-electron chi connectivity index (χ3n) is 13.1. The summed E-state index contributed by atoms with van der Waals surface area (Å²) >= 11 is 1.01. The van der Waals surface area contributed by atoms with Gasteiger partial charge in [-0.2, -0.15) is 0 Å². The Morgan fingerprint density at radius 1 is 0.707 bits per heavy atom. The molecule has 0 saturated carbocycles. The van der Waals surface area contributed by atoms with Crippen LogP contribution >= 0.6 is 0 Å². The van der Waals surface area contributed by atoms with Crippen LogP contribution in [0.5, 0.6) is 0 Å². The van der Waals surface area contributed by atoms with E-state index in [4.69, 9.17) is 4.99 Å². The standard InChI is InChI=1S/C52H39N4S.Tl/c1-4-35-18-6-7-19-36(35)32-55(48-30-29-41-40-23-11-14-26-46(40)56-47-27-15-12-25-43(47)50(48)51(41)56)52-53-44(31-45(54-52)42-24-13-16-28-49(42)57)34(3)38-21-9-10-22-39(38)37-20-8-5-17-33(37)2;/h1,4-29,31-32,34,44,57H,2-3H3,(H,53,54);/p+1. The average molecular weight is 957 g/mol. The van der Waals surface area contributed by atoms with Gasteiger partial charge in [0.1, 0.15) is 0 Å². The third kappa shape index (κ3) is 4.96. The fourth-order valence-corrected chi connectivity index (χ4v) is 24.1. The van der Waals surface area contributed by atoms with Crippen molar-refractivity contribution in [2.24, 2.45) is 4.99 Å². The molecule has 2 aromatic heterocycles. The van der Waals surface area contributed by atoms with Gasteiger partial charge in [-0.15, -0.1) is 0 Å². The van der Waals surface area contributed by atoms with Crippen molar-refractivity contribution in [3.8, 4) is 11.1 Å². The average Bonchev–Trinajstić information content (AvgIpc) is 3.91. The van der Waals surface area contributed by atoms with Crippen molar-refractivity contribution in [1.82, 2.24) is 9.72 Å². The van der Waals surface area contributed by atoms with Crippen molar-refractivity contribution in [2.45, 2.75) is 34.3 Å². The Kier molecular flexibility index (Phi) is 7.83. The zero-order valence-corrected chi connectivity index (χ0v) is 37.8. The molecule has 3 atom stereocenters. The first-order chi connectivity index (χ1) is 28.5. The van der Waals surface area contributed by atoms with E-state index in [-0.39, 0.29) is 15.6 Å². The normalized spacial score (nSPS) is 17.7.